The van der Waals surface area contributed by atoms with Crippen LogP contribution in [0.25, 0.3) is 0 Å². The Balaban J connectivity index is 1.44. The molecule has 0 saturated heterocycles. The number of carboxylic acid groups (broad SMARTS) is 2. The standard InChI is InChI=1S/C29H18Cl2N2O12/c30-20-12-15(7-9-24(20)44-29(38)26-18(28(36)37)4-2-6-23(26)33(41)42)11-16-8-10-25(21(31)13-16)45-43-14-19-17(27(34)35)3-1-5-22(19)32(39)40/h1-10,12-13H,11,14H2,(H,34,35)(H,36,37). The molecule has 2 N–H and O–H groups in total. The monoisotopic (exact) mass is 656 g/mol. The summed E-state index contributed by atoms with van der Waals surface area (Å²) in [4.78, 5) is 67.1. The van der Waals surface area contributed by atoms with Crippen molar-refractivity contribution in [2.45, 2.75) is 13.0 Å². The first-order chi connectivity index (χ1) is 21.4. The molecule has 0 aliphatic heterocycles. The number of carbonyl (C=O) groups is 3. The number of nitro groups is 2. The normalized spacial score (nSPS) is 10.6. The summed E-state index contributed by atoms with van der Waals surface area (Å²) in [5.41, 5.74) is -1.75. The smallest absolute Gasteiger partial charge is 0.351 e. The second-order valence-corrected chi connectivity index (χ2v) is 9.88. The van der Waals surface area contributed by atoms with Crippen molar-refractivity contribution in [1.82, 2.24) is 0 Å². The molecular formula is C29H18Cl2N2O12. The molecule has 0 aliphatic carbocycles. The molecule has 4 rings (SSSR count). The molecule has 0 atom stereocenters. The van der Waals surface area contributed by atoms with Gasteiger partial charge in [0.2, 0.25) is 0 Å². The van der Waals surface area contributed by atoms with Gasteiger partial charge in [-0.15, -0.1) is 0 Å². The first kappa shape index (κ1) is 32.3. The quantitative estimate of drug-likeness (QED) is 0.0549. The minimum absolute atomic E-state index is 0.0357. The Labute approximate surface area is 262 Å². The van der Waals surface area contributed by atoms with Gasteiger partial charge in [-0.05, 0) is 53.9 Å². The zero-order chi connectivity index (χ0) is 32.8. The number of rotatable bonds is 12. The highest BCUT2D eigenvalue weighted by Gasteiger charge is 2.29. The number of carbonyl (C=O) groups excluding carboxylic acids is 1. The van der Waals surface area contributed by atoms with Crippen molar-refractivity contribution in [3.63, 3.8) is 0 Å². The zero-order valence-electron chi connectivity index (χ0n) is 22.5. The molecule has 4 aromatic rings. The van der Waals surface area contributed by atoms with E-state index in [1.165, 1.54) is 36.4 Å². The average molecular weight is 657 g/mol. The molecule has 0 heterocycles. The molecule has 230 valence electrons. The van der Waals surface area contributed by atoms with Crippen molar-refractivity contribution < 1.29 is 49.0 Å². The van der Waals surface area contributed by atoms with Gasteiger partial charge in [-0.3, -0.25) is 20.2 Å². The van der Waals surface area contributed by atoms with Crippen LogP contribution in [-0.4, -0.2) is 38.0 Å². The first-order valence-corrected chi connectivity index (χ1v) is 13.2. The lowest BCUT2D eigenvalue weighted by molar-refractivity contribution is -0.386. The number of carboxylic acids is 2. The minimum atomic E-state index is -1.55. The number of hydrogen-bond acceptors (Lipinski definition) is 10. The highest BCUT2D eigenvalue weighted by atomic mass is 35.5. The van der Waals surface area contributed by atoms with Crippen molar-refractivity contribution in [3.05, 3.63) is 136 Å². The molecule has 14 nitrogen and oxygen atoms in total. The summed E-state index contributed by atoms with van der Waals surface area (Å²) in [7, 11) is 0. The first-order valence-electron chi connectivity index (χ1n) is 12.5. The molecule has 0 fully saturated rings. The van der Waals surface area contributed by atoms with Crippen LogP contribution in [0.15, 0.2) is 72.8 Å². The molecule has 0 saturated carbocycles. The van der Waals surface area contributed by atoms with E-state index in [0.29, 0.717) is 11.1 Å². The summed E-state index contributed by atoms with van der Waals surface area (Å²) in [5.74, 6) is -4.32. The molecule has 0 bridgehead atoms. The van der Waals surface area contributed by atoms with Gasteiger partial charge >= 0.3 is 17.9 Å². The second kappa shape index (κ2) is 13.8. The third kappa shape index (κ3) is 7.51. The molecule has 0 spiro atoms. The molecule has 0 aliphatic rings. The van der Waals surface area contributed by atoms with E-state index in [-0.39, 0.29) is 39.1 Å². The predicted octanol–water partition coefficient (Wildman–Crippen LogP) is 6.53. The van der Waals surface area contributed by atoms with Crippen molar-refractivity contribution in [3.8, 4) is 11.5 Å². The van der Waals surface area contributed by atoms with Crippen LogP contribution in [0.1, 0.15) is 47.8 Å². The van der Waals surface area contributed by atoms with E-state index in [2.05, 4.69) is 0 Å². The van der Waals surface area contributed by atoms with Gasteiger partial charge in [0.15, 0.2) is 11.3 Å². The SMILES string of the molecule is O=C(O)c1cccc([N+](=O)[O-])c1COOc1ccc(Cc2ccc(OC(=O)c3c(C(=O)O)cccc3[N+](=O)[O-])c(Cl)c2)cc1Cl. The summed E-state index contributed by atoms with van der Waals surface area (Å²) >= 11 is 12.6. The summed E-state index contributed by atoms with van der Waals surface area (Å²) in [6.07, 6.45) is 0.278. The fraction of sp³-hybridized carbons (Fsp3) is 0.0690. The van der Waals surface area contributed by atoms with Crippen LogP contribution in [0.3, 0.4) is 0 Å². The van der Waals surface area contributed by atoms with E-state index in [9.17, 15) is 44.8 Å². The van der Waals surface area contributed by atoms with Gasteiger partial charge in [0, 0.05) is 12.1 Å². The van der Waals surface area contributed by atoms with E-state index < -0.39 is 56.9 Å². The molecule has 0 amide bonds. The molecule has 16 heteroatoms. The zero-order valence-corrected chi connectivity index (χ0v) is 24.0. The number of esters is 1. The van der Waals surface area contributed by atoms with Gasteiger partial charge in [0.05, 0.1) is 36.6 Å². The Morgan fingerprint density at radius 1 is 0.733 bits per heavy atom. The van der Waals surface area contributed by atoms with Crippen LogP contribution < -0.4 is 9.62 Å². The summed E-state index contributed by atoms with van der Waals surface area (Å²) in [5, 5.41) is 41.5. The molecular weight excluding hydrogens is 639 g/mol. The van der Waals surface area contributed by atoms with Crippen molar-refractivity contribution >= 4 is 52.5 Å². The van der Waals surface area contributed by atoms with E-state index >= 15 is 0 Å². The van der Waals surface area contributed by atoms with Crippen LogP contribution in [0.2, 0.25) is 10.0 Å². The fourth-order valence-electron chi connectivity index (χ4n) is 4.18. The Hall–Kier alpha value is -5.57. The van der Waals surface area contributed by atoms with Crippen LogP contribution in [0.5, 0.6) is 11.5 Å². The highest BCUT2D eigenvalue weighted by molar-refractivity contribution is 6.32. The van der Waals surface area contributed by atoms with Crippen molar-refractivity contribution in [2.24, 2.45) is 0 Å². The Morgan fingerprint density at radius 2 is 1.27 bits per heavy atom. The average Bonchev–Trinajstić information content (AvgIpc) is 2.98. The lowest BCUT2D eigenvalue weighted by Crippen LogP contribution is -2.16. The topological polar surface area (TPSA) is 206 Å². The third-order valence-corrected chi connectivity index (χ3v) is 6.80. The van der Waals surface area contributed by atoms with E-state index in [1.807, 2.05) is 0 Å². The maximum atomic E-state index is 12.8. The van der Waals surface area contributed by atoms with E-state index in [4.69, 9.17) is 37.7 Å². The molecule has 0 aromatic heterocycles. The molecule has 0 unspecified atom stereocenters. The summed E-state index contributed by atoms with van der Waals surface area (Å²) in [6.45, 7) is -0.554. The summed E-state index contributed by atoms with van der Waals surface area (Å²) in [6, 6.07) is 15.7. The third-order valence-electron chi connectivity index (χ3n) is 6.21. The number of ether oxygens (including phenoxy) is 1. The van der Waals surface area contributed by atoms with Crippen LogP contribution in [-0.2, 0) is 17.9 Å². The van der Waals surface area contributed by atoms with Gasteiger partial charge < -0.3 is 19.8 Å². The Morgan fingerprint density at radius 3 is 1.80 bits per heavy atom. The lowest BCUT2D eigenvalue weighted by Gasteiger charge is -2.11. The number of aromatic carboxylic acids is 2. The number of halogens is 2. The van der Waals surface area contributed by atoms with Crippen LogP contribution in [0.4, 0.5) is 11.4 Å². The molecule has 0 radical (unpaired) electrons. The number of benzene rings is 4. The van der Waals surface area contributed by atoms with Gasteiger partial charge in [-0.25, -0.2) is 14.4 Å². The Kier molecular flexibility index (Phi) is 9.93. The number of nitrogens with zero attached hydrogens (tertiary/aromatic N) is 2. The largest absolute Gasteiger partial charge is 0.478 e. The highest BCUT2D eigenvalue weighted by Crippen LogP contribution is 2.32. The van der Waals surface area contributed by atoms with Crippen LogP contribution >= 0.6 is 23.2 Å². The van der Waals surface area contributed by atoms with E-state index in [0.717, 1.165) is 24.3 Å². The fourth-order valence-corrected chi connectivity index (χ4v) is 4.66. The van der Waals surface area contributed by atoms with Crippen molar-refractivity contribution in [1.29, 1.82) is 0 Å². The predicted molar refractivity (Wildman–Crippen MR) is 156 cm³/mol. The van der Waals surface area contributed by atoms with Gasteiger partial charge in [0.25, 0.3) is 11.4 Å². The van der Waals surface area contributed by atoms with Gasteiger partial charge in [0.1, 0.15) is 12.4 Å². The lowest BCUT2D eigenvalue weighted by atomic mass is 10.0. The maximum absolute atomic E-state index is 12.8. The maximum Gasteiger partial charge on any atom is 0.351 e. The van der Waals surface area contributed by atoms with Gasteiger partial charge in [-0.1, -0.05) is 47.5 Å². The summed E-state index contributed by atoms with van der Waals surface area (Å²) < 4.78 is 5.20. The van der Waals surface area contributed by atoms with E-state index in [1.54, 1.807) is 12.1 Å². The van der Waals surface area contributed by atoms with Crippen LogP contribution in [0, 0.1) is 20.2 Å². The van der Waals surface area contributed by atoms with Gasteiger partial charge in [-0.2, -0.15) is 4.89 Å². The Bertz CT molecular complexity index is 1800. The number of nitro benzene ring substituents is 2. The molecule has 45 heavy (non-hydrogen) atoms. The van der Waals surface area contributed by atoms with Crippen molar-refractivity contribution in [2.75, 3.05) is 0 Å². The minimum Gasteiger partial charge on any atom is -0.478 e. The number of hydrogen-bond donors (Lipinski definition) is 2. The second-order valence-electron chi connectivity index (χ2n) is 9.07. The molecule has 4 aromatic carbocycles.